The maximum absolute atomic E-state index is 12.2. The van der Waals surface area contributed by atoms with Gasteiger partial charge in [0.15, 0.2) is 0 Å². The van der Waals surface area contributed by atoms with Crippen LogP contribution in [-0.2, 0) is 15.9 Å². The molecule has 1 aliphatic heterocycles. The van der Waals surface area contributed by atoms with Gasteiger partial charge in [-0.3, -0.25) is 0 Å². The Hall–Kier alpha value is -1.81. The second-order valence-electron chi connectivity index (χ2n) is 4.69. The number of ether oxygens (including phenoxy) is 2. The average Bonchev–Trinajstić information content (AvgIpc) is 2.61. The number of aryl methyl sites for hydroxylation is 1. The van der Waals surface area contributed by atoms with Crippen molar-refractivity contribution in [3.8, 4) is 0 Å². The van der Waals surface area contributed by atoms with Gasteiger partial charge in [0.25, 0.3) is 0 Å². The molecule has 0 atom stereocenters. The Bertz CT molecular complexity index is 479. The van der Waals surface area contributed by atoms with Crippen molar-refractivity contribution < 1.29 is 14.3 Å². The molecule has 1 heterocycles. The normalized spacial score (nSPS) is 13.9. The summed E-state index contributed by atoms with van der Waals surface area (Å²) >= 11 is 0. The number of esters is 1. The molecule has 4 heteroatoms. The number of carbonyl (C=O) groups excluding carboxylic acids is 1. The standard InChI is InChI=1S/C16H21NO3.C2H6/c1-3-9-20-16(18)14-12-13(4-2)5-6-15(14)17-7-10-19-11-8-17;1-2/h3,5-6,12H,1,4,7-11H2,2H3;1-2H3. The fraction of sp³-hybridized carbons (Fsp3) is 0.500. The van der Waals surface area contributed by atoms with Crippen molar-refractivity contribution in [1.82, 2.24) is 0 Å². The van der Waals surface area contributed by atoms with E-state index in [4.69, 9.17) is 9.47 Å². The Balaban J connectivity index is 0.00000116. The molecule has 0 saturated carbocycles. The monoisotopic (exact) mass is 305 g/mol. The smallest absolute Gasteiger partial charge is 0.340 e. The number of benzene rings is 1. The molecule has 0 aromatic heterocycles. The predicted octanol–water partition coefficient (Wildman–Crippen LogP) is 3.45. The van der Waals surface area contributed by atoms with Crippen molar-refractivity contribution in [2.75, 3.05) is 37.8 Å². The van der Waals surface area contributed by atoms with E-state index in [0.29, 0.717) is 18.8 Å². The predicted molar refractivity (Wildman–Crippen MR) is 90.7 cm³/mol. The molecule has 0 radical (unpaired) electrons. The molecule has 4 nitrogen and oxygen atoms in total. The maximum Gasteiger partial charge on any atom is 0.340 e. The number of hydrogen-bond donors (Lipinski definition) is 0. The van der Waals surface area contributed by atoms with Crippen molar-refractivity contribution in [2.45, 2.75) is 27.2 Å². The highest BCUT2D eigenvalue weighted by atomic mass is 16.5. The zero-order valence-electron chi connectivity index (χ0n) is 13.9. The summed E-state index contributed by atoms with van der Waals surface area (Å²) in [4.78, 5) is 14.4. The topological polar surface area (TPSA) is 38.8 Å². The summed E-state index contributed by atoms with van der Waals surface area (Å²) in [5.74, 6) is -0.290. The van der Waals surface area contributed by atoms with Crippen LogP contribution in [0.2, 0.25) is 0 Å². The Kier molecular flexibility index (Phi) is 8.30. The van der Waals surface area contributed by atoms with E-state index in [2.05, 4.69) is 24.5 Å². The third-order valence-corrected chi connectivity index (χ3v) is 3.37. The quantitative estimate of drug-likeness (QED) is 0.617. The van der Waals surface area contributed by atoms with Crippen LogP contribution in [0.15, 0.2) is 30.9 Å². The molecule has 1 aromatic rings. The van der Waals surface area contributed by atoms with E-state index in [-0.39, 0.29) is 12.6 Å². The van der Waals surface area contributed by atoms with Crippen LogP contribution in [0.5, 0.6) is 0 Å². The second kappa shape index (κ2) is 10.0. The van der Waals surface area contributed by atoms with Gasteiger partial charge in [-0.1, -0.05) is 39.5 Å². The lowest BCUT2D eigenvalue weighted by atomic mass is 10.1. The Morgan fingerprint density at radius 2 is 2.05 bits per heavy atom. The summed E-state index contributed by atoms with van der Waals surface area (Å²) in [5.41, 5.74) is 2.69. The van der Waals surface area contributed by atoms with Gasteiger partial charge in [0.2, 0.25) is 0 Å². The zero-order chi connectivity index (χ0) is 16.4. The third kappa shape index (κ3) is 4.88. The van der Waals surface area contributed by atoms with Crippen molar-refractivity contribution in [1.29, 1.82) is 0 Å². The highest BCUT2D eigenvalue weighted by Crippen LogP contribution is 2.24. The molecule has 1 aromatic carbocycles. The first-order valence-corrected chi connectivity index (χ1v) is 8.00. The van der Waals surface area contributed by atoms with Gasteiger partial charge in [0.1, 0.15) is 6.61 Å². The fourth-order valence-electron chi connectivity index (χ4n) is 2.26. The Morgan fingerprint density at radius 3 is 2.64 bits per heavy atom. The largest absolute Gasteiger partial charge is 0.458 e. The van der Waals surface area contributed by atoms with Crippen LogP contribution in [0, 0.1) is 0 Å². The highest BCUT2D eigenvalue weighted by Gasteiger charge is 2.19. The minimum absolute atomic E-state index is 0.234. The van der Waals surface area contributed by atoms with Gasteiger partial charge in [-0.25, -0.2) is 4.79 Å². The first kappa shape index (κ1) is 18.2. The average molecular weight is 305 g/mol. The molecule has 122 valence electrons. The highest BCUT2D eigenvalue weighted by molar-refractivity contribution is 5.96. The lowest BCUT2D eigenvalue weighted by Crippen LogP contribution is -2.37. The van der Waals surface area contributed by atoms with E-state index in [9.17, 15) is 4.79 Å². The van der Waals surface area contributed by atoms with Gasteiger partial charge >= 0.3 is 5.97 Å². The molecule has 0 unspecified atom stereocenters. The van der Waals surface area contributed by atoms with E-state index in [0.717, 1.165) is 30.8 Å². The first-order chi connectivity index (χ1) is 10.8. The Morgan fingerprint density at radius 1 is 1.36 bits per heavy atom. The van der Waals surface area contributed by atoms with Crippen LogP contribution in [0.25, 0.3) is 0 Å². The molecule has 22 heavy (non-hydrogen) atoms. The summed E-state index contributed by atoms with van der Waals surface area (Å²) in [5, 5.41) is 0. The van der Waals surface area contributed by atoms with Crippen molar-refractivity contribution >= 4 is 11.7 Å². The van der Waals surface area contributed by atoms with E-state index in [1.807, 2.05) is 26.0 Å². The Labute approximate surface area is 133 Å². The molecule has 1 fully saturated rings. The van der Waals surface area contributed by atoms with Crippen molar-refractivity contribution in [3.05, 3.63) is 42.0 Å². The third-order valence-electron chi connectivity index (χ3n) is 3.37. The minimum atomic E-state index is -0.290. The molecule has 0 spiro atoms. The number of morpholine rings is 1. The van der Waals surface area contributed by atoms with E-state index in [1.165, 1.54) is 0 Å². The van der Waals surface area contributed by atoms with Crippen molar-refractivity contribution in [3.63, 3.8) is 0 Å². The molecule has 1 aliphatic rings. The van der Waals surface area contributed by atoms with Crippen LogP contribution >= 0.6 is 0 Å². The molecule has 0 amide bonds. The molecular formula is C18H27NO3. The van der Waals surface area contributed by atoms with Gasteiger partial charge in [-0.05, 0) is 24.1 Å². The van der Waals surface area contributed by atoms with Gasteiger partial charge in [-0.15, -0.1) is 0 Å². The lowest BCUT2D eigenvalue weighted by Gasteiger charge is -2.30. The molecule has 0 aliphatic carbocycles. The second-order valence-corrected chi connectivity index (χ2v) is 4.69. The van der Waals surface area contributed by atoms with Gasteiger partial charge in [0.05, 0.1) is 24.5 Å². The number of carbonyl (C=O) groups is 1. The van der Waals surface area contributed by atoms with Crippen LogP contribution in [0.4, 0.5) is 5.69 Å². The van der Waals surface area contributed by atoms with E-state index >= 15 is 0 Å². The molecule has 0 N–H and O–H groups in total. The van der Waals surface area contributed by atoms with Gasteiger partial charge in [0, 0.05) is 13.1 Å². The molecule has 0 bridgehead atoms. The number of anilines is 1. The number of rotatable bonds is 5. The summed E-state index contributed by atoms with van der Waals surface area (Å²) < 4.78 is 10.6. The first-order valence-electron chi connectivity index (χ1n) is 8.00. The molecular weight excluding hydrogens is 278 g/mol. The molecule has 1 saturated heterocycles. The molecule has 2 rings (SSSR count). The summed E-state index contributed by atoms with van der Waals surface area (Å²) in [6, 6.07) is 6.00. The van der Waals surface area contributed by atoms with Crippen LogP contribution in [0.3, 0.4) is 0 Å². The van der Waals surface area contributed by atoms with E-state index in [1.54, 1.807) is 6.08 Å². The lowest BCUT2D eigenvalue weighted by molar-refractivity contribution is 0.0549. The number of nitrogens with zero attached hydrogens (tertiary/aromatic N) is 1. The van der Waals surface area contributed by atoms with Crippen LogP contribution in [-0.4, -0.2) is 38.9 Å². The van der Waals surface area contributed by atoms with Gasteiger partial charge in [-0.2, -0.15) is 0 Å². The summed E-state index contributed by atoms with van der Waals surface area (Å²) in [7, 11) is 0. The van der Waals surface area contributed by atoms with Gasteiger partial charge < -0.3 is 14.4 Å². The number of hydrogen-bond acceptors (Lipinski definition) is 4. The zero-order valence-corrected chi connectivity index (χ0v) is 13.9. The minimum Gasteiger partial charge on any atom is -0.458 e. The van der Waals surface area contributed by atoms with Crippen LogP contribution in [0.1, 0.15) is 36.7 Å². The van der Waals surface area contributed by atoms with E-state index < -0.39 is 0 Å². The van der Waals surface area contributed by atoms with Crippen molar-refractivity contribution in [2.24, 2.45) is 0 Å². The fourth-order valence-corrected chi connectivity index (χ4v) is 2.26. The van der Waals surface area contributed by atoms with Crippen LogP contribution < -0.4 is 4.90 Å². The summed E-state index contributed by atoms with van der Waals surface area (Å²) in [6.45, 7) is 12.9. The summed E-state index contributed by atoms with van der Waals surface area (Å²) in [6.07, 6.45) is 2.47. The SMILES string of the molecule is C=CCOC(=O)c1cc(CC)ccc1N1CCOCC1.CC. The maximum atomic E-state index is 12.2.